The Balaban J connectivity index is 1.86. The van der Waals surface area contributed by atoms with Gasteiger partial charge in [-0.15, -0.1) is 11.3 Å². The summed E-state index contributed by atoms with van der Waals surface area (Å²) in [5.41, 5.74) is 6.34. The number of hydrogen-bond donors (Lipinski definition) is 0. The second-order valence-corrected chi connectivity index (χ2v) is 9.01. The maximum Gasteiger partial charge on any atom is 0.314 e. The van der Waals surface area contributed by atoms with Crippen LogP contribution in [0, 0.1) is 0 Å². The number of nitrogens with zero attached hydrogens (tertiary/aromatic N) is 1. The minimum Gasteiger partial charge on any atom is -0.469 e. The van der Waals surface area contributed by atoms with Crippen LogP contribution in [-0.2, 0) is 28.8 Å². The molecule has 1 unspecified atom stereocenters. The van der Waals surface area contributed by atoms with Crippen LogP contribution in [-0.4, -0.2) is 18.1 Å². The molecule has 0 saturated carbocycles. The van der Waals surface area contributed by atoms with Crippen molar-refractivity contribution in [3.05, 3.63) is 52.0 Å². The molecule has 2 aromatic heterocycles. The second kappa shape index (κ2) is 7.32. The van der Waals surface area contributed by atoms with Gasteiger partial charge in [0.25, 0.3) is 0 Å². The average molecular weight is 392 g/mol. The highest BCUT2D eigenvalue weighted by molar-refractivity contribution is 7.19. The van der Waals surface area contributed by atoms with Crippen molar-refractivity contribution in [2.45, 2.75) is 57.3 Å². The van der Waals surface area contributed by atoms with Crippen LogP contribution >= 0.6 is 11.3 Å². The molecule has 0 radical (unpaired) electrons. The SMILES string of the molecule is COC(=O)C1CCCCc2c1nc1sc3c(c1c2-c1ccccc1)CCCC3. The van der Waals surface area contributed by atoms with E-state index >= 15 is 0 Å². The Hall–Kier alpha value is -2.20. The maximum absolute atomic E-state index is 12.6. The third kappa shape index (κ3) is 2.86. The molecule has 0 aliphatic heterocycles. The van der Waals surface area contributed by atoms with E-state index in [2.05, 4.69) is 30.3 Å². The molecular formula is C24H25NO2S. The molecule has 2 aliphatic rings. The van der Waals surface area contributed by atoms with Gasteiger partial charge in [-0.2, -0.15) is 0 Å². The quantitative estimate of drug-likeness (QED) is 0.408. The van der Waals surface area contributed by atoms with Gasteiger partial charge >= 0.3 is 5.97 Å². The predicted molar refractivity (Wildman–Crippen MR) is 114 cm³/mol. The lowest BCUT2D eigenvalue weighted by Crippen LogP contribution is -2.16. The Morgan fingerprint density at radius 3 is 2.61 bits per heavy atom. The maximum atomic E-state index is 12.6. The number of carbonyl (C=O) groups is 1. The lowest BCUT2D eigenvalue weighted by molar-refractivity contribution is -0.142. The molecule has 3 aromatic rings. The molecule has 28 heavy (non-hydrogen) atoms. The van der Waals surface area contributed by atoms with Crippen LogP contribution in [0.5, 0.6) is 0 Å². The lowest BCUT2D eigenvalue weighted by Gasteiger charge is -2.19. The summed E-state index contributed by atoms with van der Waals surface area (Å²) < 4.78 is 5.17. The van der Waals surface area contributed by atoms with E-state index in [1.54, 1.807) is 0 Å². The van der Waals surface area contributed by atoms with Crippen LogP contribution in [0.4, 0.5) is 0 Å². The van der Waals surface area contributed by atoms with Crippen LogP contribution < -0.4 is 0 Å². The summed E-state index contributed by atoms with van der Waals surface area (Å²) in [6, 6.07) is 10.7. The molecule has 144 valence electrons. The van der Waals surface area contributed by atoms with E-state index in [-0.39, 0.29) is 11.9 Å². The van der Waals surface area contributed by atoms with Crippen LogP contribution in [0.3, 0.4) is 0 Å². The zero-order valence-corrected chi connectivity index (χ0v) is 17.1. The number of ether oxygens (including phenoxy) is 1. The fourth-order valence-electron chi connectivity index (χ4n) is 4.97. The van der Waals surface area contributed by atoms with Crippen molar-refractivity contribution in [2.75, 3.05) is 7.11 Å². The summed E-state index contributed by atoms with van der Waals surface area (Å²) in [5.74, 6) is -0.385. The molecule has 2 aliphatic carbocycles. The van der Waals surface area contributed by atoms with Gasteiger partial charge in [0.2, 0.25) is 0 Å². The highest BCUT2D eigenvalue weighted by atomic mass is 32.1. The summed E-state index contributed by atoms with van der Waals surface area (Å²) in [6.45, 7) is 0. The number of hydrogen-bond acceptors (Lipinski definition) is 4. The van der Waals surface area contributed by atoms with Crippen LogP contribution in [0.15, 0.2) is 30.3 Å². The highest BCUT2D eigenvalue weighted by Crippen LogP contribution is 2.46. The van der Waals surface area contributed by atoms with Gasteiger partial charge in [-0.25, -0.2) is 4.98 Å². The minimum absolute atomic E-state index is 0.143. The zero-order valence-electron chi connectivity index (χ0n) is 16.3. The van der Waals surface area contributed by atoms with Gasteiger partial charge in [0.05, 0.1) is 18.7 Å². The monoisotopic (exact) mass is 391 g/mol. The molecule has 3 nitrogen and oxygen atoms in total. The Morgan fingerprint density at radius 2 is 1.79 bits per heavy atom. The molecule has 2 heterocycles. The molecule has 0 saturated heterocycles. The number of aromatic nitrogens is 1. The first-order chi connectivity index (χ1) is 13.8. The third-order valence-electron chi connectivity index (χ3n) is 6.28. The second-order valence-electron chi connectivity index (χ2n) is 7.93. The number of benzene rings is 1. The fourth-order valence-corrected chi connectivity index (χ4v) is 6.25. The lowest BCUT2D eigenvalue weighted by atomic mass is 9.87. The number of thiophene rings is 1. The first-order valence-corrected chi connectivity index (χ1v) is 11.2. The van der Waals surface area contributed by atoms with E-state index in [4.69, 9.17) is 9.72 Å². The largest absolute Gasteiger partial charge is 0.469 e. The number of carbonyl (C=O) groups excluding carboxylic acids is 1. The van der Waals surface area contributed by atoms with Crippen LogP contribution in [0.25, 0.3) is 21.3 Å². The molecule has 0 fully saturated rings. The van der Waals surface area contributed by atoms with E-state index in [0.717, 1.165) is 49.0 Å². The first-order valence-electron chi connectivity index (χ1n) is 10.4. The molecule has 0 amide bonds. The summed E-state index contributed by atoms with van der Waals surface area (Å²) in [7, 11) is 1.49. The van der Waals surface area contributed by atoms with Gasteiger partial charge in [-0.3, -0.25) is 4.79 Å². The Bertz CT molecular complexity index is 1040. The van der Waals surface area contributed by atoms with Gasteiger partial charge in [0.15, 0.2) is 0 Å². The van der Waals surface area contributed by atoms with Crippen molar-refractivity contribution in [3.63, 3.8) is 0 Å². The van der Waals surface area contributed by atoms with E-state index < -0.39 is 0 Å². The molecular weight excluding hydrogens is 366 g/mol. The Labute approximate surface area is 169 Å². The minimum atomic E-state index is -0.242. The molecule has 4 heteroatoms. The number of methoxy groups -OCH3 is 1. The number of aryl methyl sites for hydroxylation is 2. The van der Waals surface area contributed by atoms with Crippen LogP contribution in [0.2, 0.25) is 0 Å². The topological polar surface area (TPSA) is 39.2 Å². The number of rotatable bonds is 2. The molecule has 0 N–H and O–H groups in total. The summed E-state index contributed by atoms with van der Waals surface area (Å²) in [4.78, 5) is 20.3. The highest BCUT2D eigenvalue weighted by Gasteiger charge is 2.32. The van der Waals surface area contributed by atoms with Crippen molar-refractivity contribution >= 4 is 27.5 Å². The van der Waals surface area contributed by atoms with Gasteiger partial charge in [0.1, 0.15) is 4.83 Å². The predicted octanol–water partition coefficient (Wildman–Crippen LogP) is 5.83. The van der Waals surface area contributed by atoms with Gasteiger partial charge < -0.3 is 4.74 Å². The molecule has 5 rings (SSSR count). The summed E-state index contributed by atoms with van der Waals surface area (Å²) in [5, 5.41) is 1.36. The van der Waals surface area contributed by atoms with Crippen molar-refractivity contribution in [1.82, 2.24) is 4.98 Å². The summed E-state index contributed by atoms with van der Waals surface area (Å²) >= 11 is 1.85. The van der Waals surface area contributed by atoms with E-state index in [1.807, 2.05) is 11.3 Å². The average Bonchev–Trinajstić information content (AvgIpc) is 2.97. The van der Waals surface area contributed by atoms with Crippen LogP contribution in [0.1, 0.15) is 59.7 Å². The molecule has 0 bridgehead atoms. The van der Waals surface area contributed by atoms with Gasteiger partial charge in [-0.1, -0.05) is 36.8 Å². The van der Waals surface area contributed by atoms with Crippen molar-refractivity contribution in [2.24, 2.45) is 0 Å². The van der Waals surface area contributed by atoms with Gasteiger partial charge in [-0.05, 0) is 67.2 Å². The van der Waals surface area contributed by atoms with Gasteiger partial charge in [0, 0.05) is 10.3 Å². The Morgan fingerprint density at radius 1 is 1.04 bits per heavy atom. The Kier molecular flexibility index (Phi) is 4.67. The van der Waals surface area contributed by atoms with E-state index in [0.29, 0.717) is 0 Å². The van der Waals surface area contributed by atoms with Crippen molar-refractivity contribution < 1.29 is 9.53 Å². The van der Waals surface area contributed by atoms with E-state index in [9.17, 15) is 4.79 Å². The summed E-state index contributed by atoms with van der Waals surface area (Å²) in [6.07, 6.45) is 8.79. The van der Waals surface area contributed by atoms with E-state index in [1.165, 1.54) is 52.5 Å². The molecule has 1 atom stereocenters. The van der Waals surface area contributed by atoms with Crippen molar-refractivity contribution in [3.8, 4) is 11.1 Å². The smallest absolute Gasteiger partial charge is 0.314 e. The number of fused-ring (bicyclic) bond motifs is 4. The fraction of sp³-hybridized carbons (Fsp3) is 0.417. The first kappa shape index (κ1) is 17.9. The molecule has 0 spiro atoms. The molecule has 1 aromatic carbocycles. The number of pyridine rings is 1. The number of esters is 1. The zero-order chi connectivity index (χ0) is 19.1. The third-order valence-corrected chi connectivity index (χ3v) is 7.47. The van der Waals surface area contributed by atoms with Crippen molar-refractivity contribution in [1.29, 1.82) is 0 Å². The normalized spacial score (nSPS) is 19.0. The standard InChI is InChI=1S/C24H25NO2S/c1-27-24(26)18-13-6-5-12-17-20(15-9-3-2-4-10-15)21-16-11-7-8-14-19(16)28-23(21)25-22(17)18/h2-4,9-10,18H,5-8,11-14H2,1H3.